The Bertz CT molecular complexity index is 1570. The maximum Gasteiger partial charge on any atom is 0.276 e. The number of rotatable bonds is 10. The van der Waals surface area contributed by atoms with Crippen molar-refractivity contribution in [2.24, 2.45) is 5.73 Å². The summed E-state index contributed by atoms with van der Waals surface area (Å²) in [5.74, 6) is -0.726. The molecule has 2 aliphatic rings. The first-order valence-corrected chi connectivity index (χ1v) is 14.2. The van der Waals surface area contributed by atoms with Crippen molar-refractivity contribution in [2.45, 2.75) is 69.1 Å². The van der Waals surface area contributed by atoms with Gasteiger partial charge in [0.15, 0.2) is 17.2 Å². The Morgan fingerprint density at radius 2 is 1.69 bits per heavy atom. The molecule has 4 aromatic rings. The molecule has 2 fully saturated rings. The molecule has 0 saturated heterocycles. The van der Waals surface area contributed by atoms with Crippen molar-refractivity contribution in [3.05, 3.63) is 72.3 Å². The first-order valence-electron chi connectivity index (χ1n) is 14.2. The second-order valence-electron chi connectivity index (χ2n) is 10.9. The van der Waals surface area contributed by atoms with Crippen molar-refractivity contribution in [2.75, 3.05) is 16.0 Å². The summed E-state index contributed by atoms with van der Waals surface area (Å²) >= 11 is 0. The summed E-state index contributed by atoms with van der Waals surface area (Å²) < 4.78 is 15.6. The van der Waals surface area contributed by atoms with Gasteiger partial charge in [-0.05, 0) is 62.6 Å². The number of hydrogen-bond donors (Lipinski definition) is 5. The summed E-state index contributed by atoms with van der Waals surface area (Å²) in [4.78, 5) is 38.0. The van der Waals surface area contributed by atoms with Crippen LogP contribution in [0.15, 0.2) is 55.2 Å². The van der Waals surface area contributed by atoms with Crippen LogP contribution in [0, 0.1) is 5.82 Å². The number of anilines is 3. The van der Waals surface area contributed by atoms with E-state index in [1.165, 1.54) is 23.0 Å². The molecule has 0 aromatic carbocycles. The third-order valence-corrected chi connectivity index (χ3v) is 7.60. The van der Waals surface area contributed by atoms with Gasteiger partial charge in [0, 0.05) is 42.8 Å². The van der Waals surface area contributed by atoms with E-state index in [1.807, 2.05) is 18.2 Å². The van der Waals surface area contributed by atoms with E-state index < -0.39 is 17.8 Å². The minimum absolute atomic E-state index is 0.0254. The van der Waals surface area contributed by atoms with E-state index in [2.05, 4.69) is 41.3 Å². The monoisotopic (exact) mass is 572 g/mol. The number of amides is 2. The molecule has 13 heteroatoms. The van der Waals surface area contributed by atoms with E-state index in [-0.39, 0.29) is 29.4 Å². The van der Waals surface area contributed by atoms with E-state index in [9.17, 15) is 14.0 Å². The lowest BCUT2D eigenvalue weighted by atomic mass is 9.91. The smallest absolute Gasteiger partial charge is 0.276 e. The van der Waals surface area contributed by atoms with E-state index in [1.54, 1.807) is 12.4 Å². The average Bonchev–Trinajstić information content (AvgIpc) is 3.70. The number of aromatic nitrogens is 5. The SMILES string of the molecule is N[C@H](Cc1cccnc1)C(=O)N[C@H]1CC[C@H](Nc2cc(NC3CC3)c3ncc(C(=O)Nc4ccncc4F)n3n2)CC1. The molecular weight excluding hydrogens is 539 g/mol. The molecule has 0 spiro atoms. The van der Waals surface area contributed by atoms with Crippen LogP contribution >= 0.6 is 0 Å². The van der Waals surface area contributed by atoms with Crippen LogP contribution in [0.5, 0.6) is 0 Å². The summed E-state index contributed by atoms with van der Waals surface area (Å²) in [6, 6.07) is 6.96. The second kappa shape index (κ2) is 12.1. The number of pyridine rings is 2. The summed E-state index contributed by atoms with van der Waals surface area (Å²) in [5, 5.41) is 17.3. The van der Waals surface area contributed by atoms with Crippen molar-refractivity contribution >= 4 is 34.7 Å². The number of nitrogens with one attached hydrogen (secondary N) is 4. The fraction of sp³-hybridized carbons (Fsp3) is 0.379. The van der Waals surface area contributed by atoms with Gasteiger partial charge in [-0.25, -0.2) is 13.9 Å². The summed E-state index contributed by atoms with van der Waals surface area (Å²) in [7, 11) is 0. The van der Waals surface area contributed by atoms with E-state index in [4.69, 9.17) is 5.73 Å². The molecule has 12 nitrogen and oxygen atoms in total. The predicted molar refractivity (Wildman–Crippen MR) is 156 cm³/mol. The lowest BCUT2D eigenvalue weighted by Crippen LogP contribution is -2.48. The summed E-state index contributed by atoms with van der Waals surface area (Å²) in [6.07, 6.45) is 13.1. The average molecular weight is 573 g/mol. The number of carbonyl (C=O) groups excluding carboxylic acids is 2. The first kappa shape index (κ1) is 27.5. The number of fused-ring (bicyclic) bond motifs is 1. The number of nitrogens with two attached hydrogens (primary N) is 1. The molecule has 6 rings (SSSR count). The fourth-order valence-electron chi connectivity index (χ4n) is 5.18. The van der Waals surface area contributed by atoms with Gasteiger partial charge in [-0.2, -0.15) is 0 Å². The lowest BCUT2D eigenvalue weighted by Gasteiger charge is -2.30. The van der Waals surface area contributed by atoms with Gasteiger partial charge in [-0.15, -0.1) is 5.10 Å². The molecule has 1 atom stereocenters. The highest BCUT2D eigenvalue weighted by Crippen LogP contribution is 2.30. The zero-order valence-electron chi connectivity index (χ0n) is 23.0. The summed E-state index contributed by atoms with van der Waals surface area (Å²) in [6.45, 7) is 0. The second-order valence-corrected chi connectivity index (χ2v) is 10.9. The van der Waals surface area contributed by atoms with Gasteiger partial charge in [0.25, 0.3) is 5.91 Å². The third kappa shape index (κ3) is 6.46. The molecule has 218 valence electrons. The maximum absolute atomic E-state index is 14.1. The number of imidazole rings is 1. The predicted octanol–water partition coefficient (Wildman–Crippen LogP) is 2.89. The van der Waals surface area contributed by atoms with Gasteiger partial charge in [-0.3, -0.25) is 19.6 Å². The molecule has 2 saturated carbocycles. The van der Waals surface area contributed by atoms with Crippen LogP contribution < -0.4 is 27.0 Å². The molecule has 4 heterocycles. The molecule has 0 unspecified atom stereocenters. The molecule has 2 aliphatic carbocycles. The zero-order valence-corrected chi connectivity index (χ0v) is 23.0. The van der Waals surface area contributed by atoms with E-state index in [0.717, 1.165) is 56.0 Å². The van der Waals surface area contributed by atoms with Gasteiger partial charge in [0.05, 0.1) is 29.8 Å². The van der Waals surface area contributed by atoms with Gasteiger partial charge < -0.3 is 27.0 Å². The molecule has 2 amide bonds. The molecule has 0 radical (unpaired) electrons. The van der Waals surface area contributed by atoms with Crippen LogP contribution in [-0.2, 0) is 11.2 Å². The largest absolute Gasteiger partial charge is 0.379 e. The van der Waals surface area contributed by atoms with Gasteiger partial charge in [0.2, 0.25) is 5.91 Å². The van der Waals surface area contributed by atoms with E-state index >= 15 is 0 Å². The topological polar surface area (TPSA) is 164 Å². The Morgan fingerprint density at radius 1 is 0.952 bits per heavy atom. The summed E-state index contributed by atoms with van der Waals surface area (Å²) in [5.41, 5.74) is 8.56. The quantitative estimate of drug-likeness (QED) is 0.192. The standard InChI is InChI=1S/C29H33FN10O2/c30-21-15-33-11-9-23(21)38-29(42)25-16-34-27-24(35-18-3-4-18)13-26(39-40(25)27)36-19-5-7-20(8-6-19)37-28(41)22(31)12-17-2-1-10-32-14-17/h1-2,9-11,13-16,18-20,22,35H,3-8,12,31H2,(H,36,39)(H,37,41)(H,33,38,42)/t19-,20-,22-/m1/s1. The Hall–Kier alpha value is -4.65. The van der Waals surface area contributed by atoms with Gasteiger partial charge in [0.1, 0.15) is 5.82 Å². The Balaban J connectivity index is 1.11. The molecule has 0 bridgehead atoms. The van der Waals surface area contributed by atoms with Crippen molar-refractivity contribution < 1.29 is 14.0 Å². The zero-order chi connectivity index (χ0) is 29.1. The normalized spacial score (nSPS) is 19.2. The highest BCUT2D eigenvalue weighted by molar-refractivity contribution is 6.03. The number of nitrogens with zero attached hydrogens (tertiary/aromatic N) is 5. The fourth-order valence-corrected chi connectivity index (χ4v) is 5.18. The van der Waals surface area contributed by atoms with Crippen LogP contribution in [-0.4, -0.2) is 60.5 Å². The minimum Gasteiger partial charge on any atom is -0.379 e. The Morgan fingerprint density at radius 3 is 2.43 bits per heavy atom. The van der Waals surface area contributed by atoms with Crippen LogP contribution in [0.25, 0.3) is 5.65 Å². The third-order valence-electron chi connectivity index (χ3n) is 7.60. The van der Waals surface area contributed by atoms with Crippen molar-refractivity contribution in [3.8, 4) is 0 Å². The maximum atomic E-state index is 14.1. The van der Waals surface area contributed by atoms with Gasteiger partial charge in [-0.1, -0.05) is 6.07 Å². The minimum atomic E-state index is -0.631. The van der Waals surface area contributed by atoms with E-state index in [0.29, 0.717) is 23.9 Å². The Labute approximate surface area is 241 Å². The highest BCUT2D eigenvalue weighted by Gasteiger charge is 2.27. The molecule has 4 aromatic heterocycles. The first-order chi connectivity index (χ1) is 20.4. The Kier molecular flexibility index (Phi) is 7.91. The van der Waals surface area contributed by atoms with Crippen LogP contribution in [0.4, 0.5) is 21.6 Å². The number of carbonyl (C=O) groups is 2. The lowest BCUT2D eigenvalue weighted by molar-refractivity contribution is -0.123. The molecule has 42 heavy (non-hydrogen) atoms. The number of hydrogen-bond acceptors (Lipinski definition) is 9. The van der Waals surface area contributed by atoms with Crippen molar-refractivity contribution in [1.29, 1.82) is 0 Å². The van der Waals surface area contributed by atoms with Crippen molar-refractivity contribution in [1.82, 2.24) is 29.9 Å². The van der Waals surface area contributed by atoms with Crippen LogP contribution in [0.2, 0.25) is 0 Å². The van der Waals surface area contributed by atoms with Crippen LogP contribution in [0.3, 0.4) is 0 Å². The van der Waals surface area contributed by atoms with Gasteiger partial charge >= 0.3 is 0 Å². The molecule has 6 N–H and O–H groups in total. The van der Waals surface area contributed by atoms with Crippen molar-refractivity contribution in [3.63, 3.8) is 0 Å². The molecule has 0 aliphatic heterocycles. The molecular formula is C29H33FN10O2. The number of halogens is 1. The van der Waals surface area contributed by atoms with Crippen LogP contribution in [0.1, 0.15) is 54.6 Å². The highest BCUT2D eigenvalue weighted by atomic mass is 19.1.